The van der Waals surface area contributed by atoms with Gasteiger partial charge >= 0.3 is 0 Å². The highest BCUT2D eigenvalue weighted by Gasteiger charge is 2.36. The van der Waals surface area contributed by atoms with Gasteiger partial charge in [0.15, 0.2) is 0 Å². The Morgan fingerprint density at radius 1 is 1.16 bits per heavy atom. The second kappa shape index (κ2) is 10.4. The molecule has 0 saturated carbocycles. The molecule has 1 aliphatic heterocycles. The quantitative estimate of drug-likeness (QED) is 0.368. The predicted molar refractivity (Wildman–Crippen MR) is 147 cm³/mol. The molecule has 3 atom stereocenters. The average Bonchev–Trinajstić information content (AvgIpc) is 3.37. The van der Waals surface area contributed by atoms with Crippen LogP contribution in [0.15, 0.2) is 41.5 Å². The molecule has 0 aliphatic carbocycles. The van der Waals surface area contributed by atoms with Gasteiger partial charge in [0.1, 0.15) is 12.1 Å². The first-order chi connectivity index (χ1) is 18.4. The van der Waals surface area contributed by atoms with Crippen LogP contribution in [-0.4, -0.2) is 61.5 Å². The van der Waals surface area contributed by atoms with Gasteiger partial charge in [-0.25, -0.2) is 9.97 Å². The number of benzene rings is 1. The number of pyridine rings is 1. The fourth-order valence-electron chi connectivity index (χ4n) is 5.63. The van der Waals surface area contributed by atoms with Gasteiger partial charge in [0.05, 0.1) is 47.8 Å². The number of hydrogen-bond donors (Lipinski definition) is 0. The Bertz CT molecular complexity index is 1570. The van der Waals surface area contributed by atoms with Crippen LogP contribution in [-0.2, 0) is 13.6 Å². The molecule has 1 saturated heterocycles. The van der Waals surface area contributed by atoms with Crippen LogP contribution >= 0.6 is 0 Å². The first-order valence-electron chi connectivity index (χ1n) is 13.2. The van der Waals surface area contributed by atoms with E-state index in [1.807, 2.05) is 6.07 Å². The Kier molecular flexibility index (Phi) is 7.04. The topological polar surface area (TPSA) is 105 Å². The van der Waals surface area contributed by atoms with Crippen molar-refractivity contribution in [3.05, 3.63) is 52.6 Å². The summed E-state index contributed by atoms with van der Waals surface area (Å²) in [7, 11) is 3.35. The van der Waals surface area contributed by atoms with Crippen LogP contribution in [0.25, 0.3) is 22.1 Å². The molecule has 10 nitrogen and oxygen atoms in total. The van der Waals surface area contributed by atoms with Crippen LogP contribution in [0, 0.1) is 11.3 Å². The molecule has 5 rings (SSSR count). The number of fused-ring (bicyclic) bond motifs is 2. The van der Waals surface area contributed by atoms with E-state index >= 15 is 0 Å². The third-order valence-electron chi connectivity index (χ3n) is 7.89. The van der Waals surface area contributed by atoms with E-state index in [4.69, 9.17) is 9.84 Å². The fourth-order valence-corrected chi connectivity index (χ4v) is 5.63. The van der Waals surface area contributed by atoms with Crippen LogP contribution in [0.2, 0.25) is 0 Å². The molecule has 3 aromatic heterocycles. The zero-order valence-electron chi connectivity index (χ0n) is 22.6. The largest absolute Gasteiger partial charge is 0.480 e. The summed E-state index contributed by atoms with van der Waals surface area (Å²) in [6, 6.07) is 10.8. The zero-order valence-corrected chi connectivity index (χ0v) is 22.6. The number of piperazine rings is 1. The molecule has 0 bridgehead atoms. The maximum Gasteiger partial charge on any atom is 0.252 e. The minimum Gasteiger partial charge on any atom is -0.480 e. The third-order valence-corrected chi connectivity index (χ3v) is 7.89. The van der Waals surface area contributed by atoms with E-state index in [0.29, 0.717) is 5.88 Å². The van der Waals surface area contributed by atoms with Crippen LogP contribution in [0.4, 0.5) is 5.69 Å². The van der Waals surface area contributed by atoms with Crippen LogP contribution < -0.4 is 15.2 Å². The first-order valence-corrected chi connectivity index (χ1v) is 13.2. The molecular formula is C28H34N8O2. The predicted octanol–water partition coefficient (Wildman–Crippen LogP) is 3.65. The normalized spacial score (nSPS) is 19.1. The lowest BCUT2D eigenvalue weighted by molar-refractivity contribution is 0.101. The standard InChI is InChI=1S/C28H34N8O2/c1-6-20-16-36(24-13-27(37)33(4)25-17-34(11-10-29)32-28(24)25)21(7-2)15-35(20)18(3)19-8-9-22-23(12-19)30-14-26(31-22)38-5/h8-9,12-14,17-18,20-21H,6-7,11,15-16H2,1-5H3/t18-,20+,21-/m0/s1. The van der Waals surface area contributed by atoms with Gasteiger partial charge in [0.25, 0.3) is 5.56 Å². The molecule has 0 spiro atoms. The third kappa shape index (κ3) is 4.47. The first kappa shape index (κ1) is 25.7. The van der Waals surface area contributed by atoms with Gasteiger partial charge in [0, 0.05) is 44.3 Å². The molecule has 1 fully saturated rings. The summed E-state index contributed by atoms with van der Waals surface area (Å²) >= 11 is 0. The fraction of sp³-hybridized carbons (Fsp3) is 0.464. The summed E-state index contributed by atoms with van der Waals surface area (Å²) in [4.78, 5) is 26.9. The molecular weight excluding hydrogens is 480 g/mol. The molecule has 4 heterocycles. The van der Waals surface area contributed by atoms with Crippen molar-refractivity contribution in [2.24, 2.45) is 7.05 Å². The molecule has 4 aromatic rings. The highest BCUT2D eigenvalue weighted by molar-refractivity contribution is 5.88. The van der Waals surface area contributed by atoms with Crippen molar-refractivity contribution >= 4 is 27.8 Å². The minimum atomic E-state index is -0.0726. The molecule has 38 heavy (non-hydrogen) atoms. The summed E-state index contributed by atoms with van der Waals surface area (Å²) in [5, 5.41) is 13.9. The summed E-state index contributed by atoms with van der Waals surface area (Å²) in [6.45, 7) is 8.45. The van der Waals surface area contributed by atoms with Gasteiger partial charge in [-0.05, 0) is 37.5 Å². The number of methoxy groups -OCH3 is 1. The van der Waals surface area contributed by atoms with Gasteiger partial charge in [0.2, 0.25) is 5.88 Å². The second-order valence-corrected chi connectivity index (χ2v) is 9.96. The van der Waals surface area contributed by atoms with Crippen molar-refractivity contribution in [1.82, 2.24) is 29.2 Å². The summed E-state index contributed by atoms with van der Waals surface area (Å²) in [5.74, 6) is 0.508. The number of rotatable bonds is 7. The lowest BCUT2D eigenvalue weighted by Gasteiger charge is -2.49. The number of aryl methyl sites for hydroxylation is 1. The van der Waals surface area contributed by atoms with Crippen LogP contribution in [0.3, 0.4) is 0 Å². The molecule has 1 aromatic carbocycles. The summed E-state index contributed by atoms with van der Waals surface area (Å²) < 4.78 is 8.44. The van der Waals surface area contributed by atoms with Gasteiger partial charge in [-0.2, -0.15) is 10.4 Å². The molecule has 0 unspecified atom stereocenters. The van der Waals surface area contributed by atoms with Crippen LogP contribution in [0.5, 0.6) is 5.88 Å². The average molecular weight is 515 g/mol. The van der Waals surface area contributed by atoms with Gasteiger partial charge in [-0.15, -0.1) is 0 Å². The van der Waals surface area contributed by atoms with Gasteiger partial charge in [-0.1, -0.05) is 19.9 Å². The lowest BCUT2D eigenvalue weighted by Crippen LogP contribution is -2.58. The Balaban J connectivity index is 1.49. The monoisotopic (exact) mass is 514 g/mol. The number of aromatic nitrogens is 5. The summed E-state index contributed by atoms with van der Waals surface area (Å²) in [6.07, 6.45) is 5.34. The van der Waals surface area contributed by atoms with E-state index in [1.54, 1.807) is 41.9 Å². The zero-order chi connectivity index (χ0) is 27.0. The summed E-state index contributed by atoms with van der Waals surface area (Å²) in [5.41, 5.74) is 5.16. The number of nitriles is 1. The lowest BCUT2D eigenvalue weighted by atomic mass is 9.96. The Hall–Kier alpha value is -3.97. The van der Waals surface area contributed by atoms with E-state index in [-0.39, 0.29) is 30.2 Å². The maximum absolute atomic E-state index is 12.9. The van der Waals surface area contributed by atoms with Crippen molar-refractivity contribution < 1.29 is 4.74 Å². The van der Waals surface area contributed by atoms with E-state index in [0.717, 1.165) is 53.7 Å². The second-order valence-electron chi connectivity index (χ2n) is 9.96. The Morgan fingerprint density at radius 3 is 2.66 bits per heavy atom. The van der Waals surface area contributed by atoms with Crippen molar-refractivity contribution in [2.45, 2.75) is 58.3 Å². The highest BCUT2D eigenvalue weighted by Crippen LogP contribution is 2.35. The van der Waals surface area contributed by atoms with Crippen molar-refractivity contribution in [3.8, 4) is 11.9 Å². The highest BCUT2D eigenvalue weighted by atomic mass is 16.5. The maximum atomic E-state index is 12.9. The molecule has 0 radical (unpaired) electrons. The van der Waals surface area contributed by atoms with Crippen molar-refractivity contribution in [1.29, 1.82) is 5.26 Å². The van der Waals surface area contributed by atoms with E-state index in [1.165, 1.54) is 5.56 Å². The number of anilines is 1. The number of nitrogens with zero attached hydrogens (tertiary/aromatic N) is 8. The molecule has 10 heteroatoms. The van der Waals surface area contributed by atoms with Gasteiger partial charge < -0.3 is 14.2 Å². The molecule has 198 valence electrons. The Labute approximate surface area is 222 Å². The number of hydrogen-bond acceptors (Lipinski definition) is 8. The van der Waals surface area contributed by atoms with E-state index in [9.17, 15) is 10.1 Å². The van der Waals surface area contributed by atoms with Crippen molar-refractivity contribution in [3.63, 3.8) is 0 Å². The van der Waals surface area contributed by atoms with Crippen LogP contribution in [0.1, 0.15) is 45.2 Å². The smallest absolute Gasteiger partial charge is 0.252 e. The van der Waals surface area contributed by atoms with Crippen molar-refractivity contribution in [2.75, 3.05) is 25.1 Å². The van der Waals surface area contributed by atoms with E-state index in [2.05, 4.69) is 58.7 Å². The van der Waals surface area contributed by atoms with E-state index < -0.39 is 0 Å². The molecule has 0 amide bonds. The molecule has 0 N–H and O–H groups in total. The van der Waals surface area contributed by atoms with Gasteiger partial charge in [-0.3, -0.25) is 14.4 Å². The molecule has 1 aliphatic rings. The SMILES string of the molecule is CC[C@H]1CN([C@@H](C)c2ccc3nc(OC)cnc3c2)[C@H](CC)CN1c1cc(=O)n(C)c2cn(CC#N)nc12. The minimum absolute atomic E-state index is 0.0726. The number of ether oxygens (including phenoxy) is 1. The Morgan fingerprint density at radius 2 is 1.95 bits per heavy atom.